The van der Waals surface area contributed by atoms with Crippen molar-refractivity contribution in [2.45, 2.75) is 32.1 Å². The molecule has 0 aliphatic heterocycles. The molecule has 3 amide bonds. The van der Waals surface area contributed by atoms with E-state index in [4.69, 9.17) is 5.11 Å². The van der Waals surface area contributed by atoms with Crippen LogP contribution in [-0.4, -0.2) is 41.5 Å². The minimum absolute atomic E-state index is 0.168. The maximum Gasteiger partial charge on any atom is 0.323 e. The van der Waals surface area contributed by atoms with Crippen LogP contribution in [0.25, 0.3) is 0 Å². The minimum atomic E-state index is -1.05. The number of nitrogens with zero attached hydrogens (tertiary/aromatic N) is 1. The fraction of sp³-hybridized carbons (Fsp3) is 0.727. The minimum Gasteiger partial charge on any atom is -0.481 e. The fourth-order valence-corrected chi connectivity index (χ4v) is 1.64. The molecule has 0 unspecified atom stereocenters. The summed E-state index contributed by atoms with van der Waals surface area (Å²) in [7, 11) is 1.64. The molecule has 96 valence electrons. The van der Waals surface area contributed by atoms with E-state index >= 15 is 0 Å². The van der Waals surface area contributed by atoms with Crippen LogP contribution in [0, 0.1) is 5.92 Å². The highest BCUT2D eigenvalue weighted by atomic mass is 16.4. The number of amides is 3. The molecule has 0 heterocycles. The summed E-state index contributed by atoms with van der Waals surface area (Å²) in [6.45, 7) is 0.651. The third-order valence-corrected chi connectivity index (χ3v) is 2.92. The number of aliphatic carboxylic acids is 1. The summed E-state index contributed by atoms with van der Waals surface area (Å²) < 4.78 is 0. The molecule has 0 bridgehead atoms. The first kappa shape index (κ1) is 13.5. The normalized spacial score (nSPS) is 14.9. The largest absolute Gasteiger partial charge is 0.481 e. The summed E-state index contributed by atoms with van der Waals surface area (Å²) in [5.41, 5.74) is 0. The molecule has 0 radical (unpaired) electrons. The van der Waals surface area contributed by atoms with Gasteiger partial charge in [0.05, 0.1) is 6.42 Å². The molecule has 0 aromatic rings. The molecule has 1 fully saturated rings. The number of carbonyl (C=O) groups is 3. The van der Waals surface area contributed by atoms with Crippen LogP contribution in [0.5, 0.6) is 0 Å². The van der Waals surface area contributed by atoms with Gasteiger partial charge >= 0.3 is 12.0 Å². The molecule has 0 saturated heterocycles. The first-order chi connectivity index (χ1) is 7.99. The van der Waals surface area contributed by atoms with E-state index < -0.39 is 17.9 Å². The standard InChI is InChI=1S/C11H18N2O4/c1-13(7-8-3-2-4-8)11(17)12-9(14)5-6-10(15)16/h8H,2-7H2,1H3,(H,15,16)(H,12,14,17). The van der Waals surface area contributed by atoms with Gasteiger partial charge in [0, 0.05) is 20.0 Å². The number of hydrogen-bond donors (Lipinski definition) is 2. The maximum atomic E-state index is 11.5. The molecule has 6 nitrogen and oxygen atoms in total. The molecule has 6 heteroatoms. The average molecular weight is 242 g/mol. The molecule has 2 N–H and O–H groups in total. The number of carbonyl (C=O) groups excluding carboxylic acids is 2. The third kappa shape index (κ3) is 4.84. The van der Waals surface area contributed by atoms with Crippen molar-refractivity contribution in [2.75, 3.05) is 13.6 Å². The molecule has 0 spiro atoms. The quantitative estimate of drug-likeness (QED) is 0.747. The van der Waals surface area contributed by atoms with Gasteiger partial charge in [-0.3, -0.25) is 14.9 Å². The second-order valence-corrected chi connectivity index (χ2v) is 4.42. The molecule has 1 saturated carbocycles. The van der Waals surface area contributed by atoms with Crippen molar-refractivity contribution in [3.8, 4) is 0 Å². The van der Waals surface area contributed by atoms with Crippen molar-refractivity contribution in [1.29, 1.82) is 0 Å². The van der Waals surface area contributed by atoms with Gasteiger partial charge in [0.1, 0.15) is 0 Å². The van der Waals surface area contributed by atoms with Gasteiger partial charge in [-0.15, -0.1) is 0 Å². The van der Waals surface area contributed by atoms with E-state index in [1.54, 1.807) is 7.05 Å². The zero-order chi connectivity index (χ0) is 12.8. The lowest BCUT2D eigenvalue weighted by Crippen LogP contribution is -2.43. The Hall–Kier alpha value is -1.59. The van der Waals surface area contributed by atoms with Crippen LogP contribution in [0.15, 0.2) is 0 Å². The first-order valence-electron chi connectivity index (χ1n) is 5.75. The van der Waals surface area contributed by atoms with E-state index in [9.17, 15) is 14.4 Å². The predicted octanol–water partition coefficient (Wildman–Crippen LogP) is 0.819. The van der Waals surface area contributed by atoms with Crippen molar-refractivity contribution in [3.63, 3.8) is 0 Å². The van der Waals surface area contributed by atoms with Crippen LogP contribution in [-0.2, 0) is 9.59 Å². The lowest BCUT2D eigenvalue weighted by atomic mass is 9.85. The first-order valence-corrected chi connectivity index (χ1v) is 5.75. The second-order valence-electron chi connectivity index (χ2n) is 4.42. The molecule has 0 aromatic heterocycles. The highest BCUT2D eigenvalue weighted by Crippen LogP contribution is 2.26. The van der Waals surface area contributed by atoms with Crippen LogP contribution in [0.4, 0.5) is 4.79 Å². The van der Waals surface area contributed by atoms with Crippen LogP contribution in [0.3, 0.4) is 0 Å². The zero-order valence-electron chi connectivity index (χ0n) is 9.94. The molecule has 0 atom stereocenters. The van der Waals surface area contributed by atoms with Crippen molar-refractivity contribution >= 4 is 17.9 Å². The highest BCUT2D eigenvalue weighted by Gasteiger charge is 2.22. The Morgan fingerprint density at radius 3 is 2.41 bits per heavy atom. The van der Waals surface area contributed by atoms with Crippen LogP contribution in [0.1, 0.15) is 32.1 Å². The third-order valence-electron chi connectivity index (χ3n) is 2.92. The second kappa shape index (κ2) is 6.22. The van der Waals surface area contributed by atoms with Crippen LogP contribution in [0.2, 0.25) is 0 Å². The Morgan fingerprint density at radius 2 is 1.94 bits per heavy atom. The van der Waals surface area contributed by atoms with Gasteiger partial charge in [-0.2, -0.15) is 0 Å². The van der Waals surface area contributed by atoms with Crippen molar-refractivity contribution in [2.24, 2.45) is 5.92 Å². The van der Waals surface area contributed by atoms with E-state index in [1.165, 1.54) is 11.3 Å². The number of carboxylic acids is 1. The van der Waals surface area contributed by atoms with Gasteiger partial charge in [0.25, 0.3) is 0 Å². The number of urea groups is 1. The Labute approximate surface area is 100.0 Å². The van der Waals surface area contributed by atoms with Gasteiger partial charge < -0.3 is 10.0 Å². The Bertz CT molecular complexity index is 313. The van der Waals surface area contributed by atoms with Gasteiger partial charge in [-0.1, -0.05) is 6.42 Å². The van der Waals surface area contributed by atoms with E-state index in [-0.39, 0.29) is 12.8 Å². The number of imide groups is 1. The summed E-state index contributed by atoms with van der Waals surface area (Å²) in [6.07, 6.45) is 3.04. The molecule has 17 heavy (non-hydrogen) atoms. The number of hydrogen-bond acceptors (Lipinski definition) is 3. The highest BCUT2D eigenvalue weighted by molar-refractivity contribution is 5.95. The van der Waals surface area contributed by atoms with E-state index in [0.717, 1.165) is 12.8 Å². The summed E-state index contributed by atoms with van der Waals surface area (Å²) in [5.74, 6) is -1.05. The summed E-state index contributed by atoms with van der Waals surface area (Å²) in [4.78, 5) is 34.4. The number of rotatable bonds is 5. The van der Waals surface area contributed by atoms with Gasteiger partial charge in [-0.25, -0.2) is 4.79 Å². The smallest absolute Gasteiger partial charge is 0.323 e. The summed E-state index contributed by atoms with van der Waals surface area (Å²) in [6, 6.07) is -0.452. The monoisotopic (exact) mass is 242 g/mol. The van der Waals surface area contributed by atoms with E-state index in [1.807, 2.05) is 0 Å². The van der Waals surface area contributed by atoms with E-state index in [0.29, 0.717) is 12.5 Å². The molecule has 1 aliphatic rings. The van der Waals surface area contributed by atoms with Gasteiger partial charge in [0.2, 0.25) is 5.91 Å². The van der Waals surface area contributed by atoms with Crippen molar-refractivity contribution in [1.82, 2.24) is 10.2 Å². The fourth-order valence-electron chi connectivity index (χ4n) is 1.64. The summed E-state index contributed by atoms with van der Waals surface area (Å²) in [5, 5.41) is 10.6. The van der Waals surface area contributed by atoms with Crippen LogP contribution >= 0.6 is 0 Å². The molecule has 0 aromatic carbocycles. The van der Waals surface area contributed by atoms with Gasteiger partial charge in [-0.05, 0) is 18.8 Å². The predicted molar refractivity (Wildman–Crippen MR) is 60.4 cm³/mol. The zero-order valence-corrected chi connectivity index (χ0v) is 9.94. The maximum absolute atomic E-state index is 11.5. The molecular weight excluding hydrogens is 224 g/mol. The molecule has 1 rings (SSSR count). The summed E-state index contributed by atoms with van der Waals surface area (Å²) >= 11 is 0. The average Bonchev–Trinajstić information content (AvgIpc) is 2.20. The molecular formula is C11H18N2O4. The molecule has 1 aliphatic carbocycles. The van der Waals surface area contributed by atoms with E-state index in [2.05, 4.69) is 5.32 Å². The van der Waals surface area contributed by atoms with Crippen molar-refractivity contribution < 1.29 is 19.5 Å². The number of carboxylic acid groups (broad SMARTS) is 1. The van der Waals surface area contributed by atoms with Crippen LogP contribution < -0.4 is 5.32 Å². The Balaban J connectivity index is 2.21. The topological polar surface area (TPSA) is 86.7 Å². The van der Waals surface area contributed by atoms with Gasteiger partial charge in [0.15, 0.2) is 0 Å². The Kier molecular flexibility index (Phi) is 4.93. The van der Waals surface area contributed by atoms with Crippen molar-refractivity contribution in [3.05, 3.63) is 0 Å². The Morgan fingerprint density at radius 1 is 1.29 bits per heavy atom. The number of nitrogens with one attached hydrogen (secondary N) is 1. The lowest BCUT2D eigenvalue weighted by molar-refractivity contribution is -0.138. The lowest BCUT2D eigenvalue weighted by Gasteiger charge is -2.29. The SMILES string of the molecule is CN(CC1CCC1)C(=O)NC(=O)CCC(=O)O.